The lowest BCUT2D eigenvalue weighted by Gasteiger charge is -2.33. The van der Waals surface area contributed by atoms with Crippen molar-refractivity contribution in [3.63, 3.8) is 0 Å². The number of anilines is 2. The van der Waals surface area contributed by atoms with Crippen LogP contribution < -0.4 is 15.5 Å². The molecule has 1 aliphatic rings. The molecule has 2 aromatic rings. The SMILES string of the molecule is O=C(NCC1CCCN(c2cnc(C(=O)O)cn2)C1)Nc1cccc(F)c1. The topological polar surface area (TPSA) is 107 Å². The van der Waals surface area contributed by atoms with E-state index in [-0.39, 0.29) is 17.6 Å². The predicted molar refractivity (Wildman–Crippen MR) is 97.3 cm³/mol. The summed E-state index contributed by atoms with van der Waals surface area (Å²) in [5, 5.41) is 14.3. The van der Waals surface area contributed by atoms with E-state index in [4.69, 9.17) is 5.11 Å². The minimum absolute atomic E-state index is 0.0944. The summed E-state index contributed by atoms with van der Waals surface area (Å²) in [4.78, 5) is 32.9. The molecule has 142 valence electrons. The molecule has 2 amide bonds. The van der Waals surface area contributed by atoms with Crippen LogP contribution in [0.4, 0.5) is 20.7 Å². The fourth-order valence-corrected chi connectivity index (χ4v) is 3.01. The maximum atomic E-state index is 13.1. The van der Waals surface area contributed by atoms with Crippen molar-refractivity contribution in [3.05, 3.63) is 48.2 Å². The average molecular weight is 373 g/mol. The van der Waals surface area contributed by atoms with Gasteiger partial charge in [-0.1, -0.05) is 6.07 Å². The average Bonchev–Trinajstić information content (AvgIpc) is 2.67. The number of aromatic carboxylic acids is 1. The number of carboxylic acid groups (broad SMARTS) is 1. The molecular weight excluding hydrogens is 353 g/mol. The molecule has 1 aromatic heterocycles. The number of rotatable bonds is 5. The van der Waals surface area contributed by atoms with Crippen molar-refractivity contribution >= 4 is 23.5 Å². The Hall–Kier alpha value is -3.23. The number of carbonyl (C=O) groups excluding carboxylic acids is 1. The van der Waals surface area contributed by atoms with Crippen molar-refractivity contribution in [2.24, 2.45) is 5.92 Å². The van der Waals surface area contributed by atoms with Crippen molar-refractivity contribution in [2.45, 2.75) is 12.8 Å². The molecule has 1 aromatic carbocycles. The lowest BCUT2D eigenvalue weighted by atomic mass is 9.98. The summed E-state index contributed by atoms with van der Waals surface area (Å²) in [6.45, 7) is 1.95. The Morgan fingerprint density at radius 1 is 1.30 bits per heavy atom. The number of hydrogen-bond acceptors (Lipinski definition) is 5. The van der Waals surface area contributed by atoms with Gasteiger partial charge in [-0.25, -0.2) is 23.9 Å². The van der Waals surface area contributed by atoms with E-state index in [1.165, 1.54) is 30.6 Å². The van der Waals surface area contributed by atoms with E-state index < -0.39 is 11.8 Å². The van der Waals surface area contributed by atoms with Crippen molar-refractivity contribution in [2.75, 3.05) is 29.9 Å². The fraction of sp³-hybridized carbons (Fsp3) is 0.333. The van der Waals surface area contributed by atoms with Crippen LogP contribution in [0.5, 0.6) is 0 Å². The van der Waals surface area contributed by atoms with Gasteiger partial charge in [-0.2, -0.15) is 0 Å². The van der Waals surface area contributed by atoms with Crippen molar-refractivity contribution in [3.8, 4) is 0 Å². The highest BCUT2D eigenvalue weighted by Gasteiger charge is 2.22. The Morgan fingerprint density at radius 3 is 2.85 bits per heavy atom. The molecule has 1 fully saturated rings. The van der Waals surface area contributed by atoms with E-state index in [2.05, 4.69) is 20.6 Å². The molecule has 2 heterocycles. The number of nitrogens with zero attached hydrogens (tertiary/aromatic N) is 3. The largest absolute Gasteiger partial charge is 0.476 e. The number of aromatic nitrogens is 2. The first-order valence-corrected chi connectivity index (χ1v) is 8.62. The fourth-order valence-electron chi connectivity index (χ4n) is 3.01. The third-order valence-corrected chi connectivity index (χ3v) is 4.33. The zero-order chi connectivity index (χ0) is 19.2. The number of carboxylic acids is 1. The van der Waals surface area contributed by atoms with Gasteiger partial charge in [0.2, 0.25) is 0 Å². The summed E-state index contributed by atoms with van der Waals surface area (Å²) in [5.41, 5.74) is 0.301. The van der Waals surface area contributed by atoms with Crippen LogP contribution in [0.3, 0.4) is 0 Å². The van der Waals surface area contributed by atoms with E-state index in [0.29, 0.717) is 24.6 Å². The molecule has 27 heavy (non-hydrogen) atoms. The number of carbonyl (C=O) groups is 2. The predicted octanol–water partition coefficient (Wildman–Crippen LogP) is 2.35. The Bertz CT molecular complexity index is 815. The monoisotopic (exact) mass is 373 g/mol. The molecule has 9 heteroatoms. The zero-order valence-electron chi connectivity index (χ0n) is 14.6. The minimum Gasteiger partial charge on any atom is -0.476 e. The number of halogens is 1. The Labute approximate surface area is 155 Å². The highest BCUT2D eigenvalue weighted by molar-refractivity contribution is 5.89. The third-order valence-electron chi connectivity index (χ3n) is 4.33. The standard InChI is InChI=1S/C18H20FN5O3/c19-13-4-1-5-14(7-13)23-18(27)22-8-12-3-2-6-24(11-12)16-10-20-15(9-21-16)17(25)26/h1,4-5,7,9-10,12H,2-3,6,8,11H2,(H,25,26)(H2,22,23,27). The zero-order valence-corrected chi connectivity index (χ0v) is 14.6. The highest BCUT2D eigenvalue weighted by Crippen LogP contribution is 2.20. The van der Waals surface area contributed by atoms with Crippen molar-refractivity contribution in [1.29, 1.82) is 0 Å². The number of nitrogens with one attached hydrogen (secondary N) is 2. The van der Waals surface area contributed by atoms with E-state index in [0.717, 1.165) is 19.4 Å². The van der Waals surface area contributed by atoms with Gasteiger partial charge in [0, 0.05) is 25.3 Å². The Balaban J connectivity index is 1.50. The molecule has 1 saturated heterocycles. The number of hydrogen-bond donors (Lipinski definition) is 3. The lowest BCUT2D eigenvalue weighted by molar-refractivity contribution is 0.0690. The van der Waals surface area contributed by atoms with Gasteiger partial charge in [0.05, 0.1) is 12.4 Å². The molecule has 0 bridgehead atoms. The van der Waals surface area contributed by atoms with Gasteiger partial charge in [0.15, 0.2) is 5.69 Å². The van der Waals surface area contributed by atoms with Crippen LogP contribution in [0.15, 0.2) is 36.7 Å². The number of piperidine rings is 1. The maximum absolute atomic E-state index is 13.1. The smallest absolute Gasteiger partial charge is 0.356 e. The summed E-state index contributed by atoms with van der Waals surface area (Å²) >= 11 is 0. The molecule has 3 rings (SSSR count). The van der Waals surface area contributed by atoms with Gasteiger partial charge in [-0.3, -0.25) is 0 Å². The van der Waals surface area contributed by atoms with Crippen LogP contribution in [0.1, 0.15) is 23.3 Å². The molecule has 1 atom stereocenters. The summed E-state index contributed by atoms with van der Waals surface area (Å²) in [6, 6.07) is 5.32. The molecule has 0 radical (unpaired) electrons. The Kier molecular flexibility index (Phi) is 5.80. The lowest BCUT2D eigenvalue weighted by Crippen LogP contribution is -2.42. The summed E-state index contributed by atoms with van der Waals surface area (Å²) < 4.78 is 13.1. The number of amides is 2. The minimum atomic E-state index is -1.11. The third kappa shape index (κ3) is 5.13. The van der Waals surface area contributed by atoms with Crippen LogP contribution in [0.2, 0.25) is 0 Å². The van der Waals surface area contributed by atoms with Crippen LogP contribution in [0.25, 0.3) is 0 Å². The molecule has 8 nitrogen and oxygen atoms in total. The first-order chi connectivity index (χ1) is 13.0. The van der Waals surface area contributed by atoms with Gasteiger partial charge in [0.25, 0.3) is 0 Å². The molecule has 0 spiro atoms. The van der Waals surface area contributed by atoms with E-state index in [1.807, 2.05) is 4.90 Å². The van der Waals surface area contributed by atoms with E-state index >= 15 is 0 Å². The summed E-state index contributed by atoms with van der Waals surface area (Å²) in [7, 11) is 0. The van der Waals surface area contributed by atoms with Crippen molar-refractivity contribution < 1.29 is 19.1 Å². The summed E-state index contributed by atoms with van der Waals surface area (Å²) in [6.07, 6.45) is 4.58. The number of benzene rings is 1. The number of urea groups is 1. The molecular formula is C18H20FN5O3. The van der Waals surface area contributed by atoms with E-state index in [9.17, 15) is 14.0 Å². The second-order valence-corrected chi connectivity index (χ2v) is 6.36. The van der Waals surface area contributed by atoms with Gasteiger partial charge in [0.1, 0.15) is 11.6 Å². The molecule has 1 aliphatic heterocycles. The second-order valence-electron chi connectivity index (χ2n) is 6.36. The van der Waals surface area contributed by atoms with Crippen LogP contribution >= 0.6 is 0 Å². The van der Waals surface area contributed by atoms with Gasteiger partial charge in [-0.15, -0.1) is 0 Å². The van der Waals surface area contributed by atoms with Gasteiger partial charge >= 0.3 is 12.0 Å². The Morgan fingerprint density at radius 2 is 2.15 bits per heavy atom. The normalized spacial score (nSPS) is 16.6. The molecule has 1 unspecified atom stereocenters. The molecule has 3 N–H and O–H groups in total. The molecule has 0 saturated carbocycles. The second kappa shape index (κ2) is 8.43. The van der Waals surface area contributed by atoms with Crippen LogP contribution in [-0.4, -0.2) is 46.7 Å². The van der Waals surface area contributed by atoms with E-state index in [1.54, 1.807) is 6.07 Å². The first kappa shape index (κ1) is 18.6. The highest BCUT2D eigenvalue weighted by atomic mass is 19.1. The van der Waals surface area contributed by atoms with Crippen molar-refractivity contribution in [1.82, 2.24) is 15.3 Å². The first-order valence-electron chi connectivity index (χ1n) is 8.62. The van der Waals surface area contributed by atoms with Crippen LogP contribution in [0, 0.1) is 11.7 Å². The van der Waals surface area contributed by atoms with Crippen LogP contribution in [-0.2, 0) is 0 Å². The van der Waals surface area contributed by atoms with Gasteiger partial charge < -0.3 is 20.6 Å². The van der Waals surface area contributed by atoms with Gasteiger partial charge in [-0.05, 0) is 37.0 Å². The quantitative estimate of drug-likeness (QED) is 0.743. The maximum Gasteiger partial charge on any atom is 0.356 e. The molecule has 0 aliphatic carbocycles. The summed E-state index contributed by atoms with van der Waals surface area (Å²) in [5.74, 6) is -0.684.